The monoisotopic (exact) mass is 284 g/mol. The van der Waals surface area contributed by atoms with Crippen molar-refractivity contribution in [3.05, 3.63) is 64.2 Å². The van der Waals surface area contributed by atoms with Gasteiger partial charge in [-0.3, -0.25) is 4.79 Å². The number of benzene rings is 2. The van der Waals surface area contributed by atoms with Crippen molar-refractivity contribution in [2.24, 2.45) is 0 Å². The molecule has 0 aliphatic rings. The van der Waals surface area contributed by atoms with Crippen LogP contribution in [0.3, 0.4) is 0 Å². The molecule has 0 fully saturated rings. The highest BCUT2D eigenvalue weighted by atomic mass is 35.5. The Labute approximate surface area is 122 Å². The Morgan fingerprint density at radius 3 is 2.50 bits per heavy atom. The summed E-state index contributed by atoms with van der Waals surface area (Å²) in [4.78, 5) is 12.1. The number of amides is 1. The van der Waals surface area contributed by atoms with E-state index in [-0.39, 0.29) is 5.91 Å². The highest BCUT2D eigenvalue weighted by molar-refractivity contribution is 6.32. The van der Waals surface area contributed by atoms with Gasteiger partial charge in [0.1, 0.15) is 6.07 Å². The van der Waals surface area contributed by atoms with Gasteiger partial charge < -0.3 is 5.32 Å². The lowest BCUT2D eigenvalue weighted by Gasteiger charge is -2.07. The average molecular weight is 285 g/mol. The van der Waals surface area contributed by atoms with E-state index in [4.69, 9.17) is 16.9 Å². The van der Waals surface area contributed by atoms with Gasteiger partial charge in [0, 0.05) is 11.3 Å². The summed E-state index contributed by atoms with van der Waals surface area (Å²) in [5.74, 6) is -0.201. The molecule has 2 aromatic carbocycles. The molecule has 3 nitrogen and oxygen atoms in total. The van der Waals surface area contributed by atoms with Crippen LogP contribution in [0, 0.1) is 11.3 Å². The lowest BCUT2D eigenvalue weighted by molar-refractivity contribution is 0.102. The van der Waals surface area contributed by atoms with Crippen molar-refractivity contribution >= 4 is 23.2 Å². The fourth-order valence-corrected chi connectivity index (χ4v) is 2.00. The molecule has 20 heavy (non-hydrogen) atoms. The molecule has 0 radical (unpaired) electrons. The van der Waals surface area contributed by atoms with Gasteiger partial charge in [0.05, 0.1) is 10.6 Å². The first-order valence-corrected chi connectivity index (χ1v) is 6.61. The number of hydrogen-bond donors (Lipinski definition) is 1. The number of hydrogen-bond acceptors (Lipinski definition) is 2. The summed E-state index contributed by atoms with van der Waals surface area (Å²) in [6.45, 7) is 2.06. The second kappa shape index (κ2) is 6.23. The van der Waals surface area contributed by atoms with E-state index in [1.165, 1.54) is 5.56 Å². The Bertz CT molecular complexity index is 672. The van der Waals surface area contributed by atoms with E-state index in [2.05, 4.69) is 12.2 Å². The van der Waals surface area contributed by atoms with Crippen LogP contribution in [0.15, 0.2) is 42.5 Å². The van der Waals surface area contributed by atoms with E-state index in [1.807, 2.05) is 18.2 Å². The summed E-state index contributed by atoms with van der Waals surface area (Å²) in [5, 5.41) is 11.9. The van der Waals surface area contributed by atoms with Gasteiger partial charge in [0.15, 0.2) is 0 Å². The van der Waals surface area contributed by atoms with Crippen molar-refractivity contribution < 1.29 is 4.79 Å². The van der Waals surface area contributed by atoms with Gasteiger partial charge in [-0.2, -0.15) is 5.26 Å². The van der Waals surface area contributed by atoms with Crippen molar-refractivity contribution in [3.63, 3.8) is 0 Å². The Morgan fingerprint density at radius 1 is 1.25 bits per heavy atom. The van der Waals surface area contributed by atoms with Crippen LogP contribution in [0.25, 0.3) is 0 Å². The quantitative estimate of drug-likeness (QED) is 0.925. The molecule has 0 aromatic heterocycles. The number of nitriles is 1. The minimum absolute atomic E-state index is 0.201. The van der Waals surface area contributed by atoms with Crippen molar-refractivity contribution in [1.29, 1.82) is 5.26 Å². The van der Waals surface area contributed by atoms with E-state index in [0.717, 1.165) is 6.42 Å². The molecule has 0 saturated heterocycles. The molecule has 1 amide bonds. The van der Waals surface area contributed by atoms with Gasteiger partial charge in [-0.25, -0.2) is 0 Å². The van der Waals surface area contributed by atoms with Crippen LogP contribution in [0.5, 0.6) is 0 Å². The van der Waals surface area contributed by atoms with Gasteiger partial charge in [0.2, 0.25) is 0 Å². The maximum Gasteiger partial charge on any atom is 0.255 e. The number of nitrogens with zero attached hydrogens (tertiary/aromatic N) is 1. The number of nitrogens with one attached hydrogen (secondary N) is 1. The van der Waals surface area contributed by atoms with Crippen molar-refractivity contribution in [2.75, 3.05) is 5.32 Å². The highest BCUT2D eigenvalue weighted by Crippen LogP contribution is 2.20. The fraction of sp³-hybridized carbons (Fsp3) is 0.125. The van der Waals surface area contributed by atoms with E-state index < -0.39 is 0 Å². The third-order valence-electron chi connectivity index (χ3n) is 2.97. The van der Waals surface area contributed by atoms with E-state index in [9.17, 15) is 4.79 Å². The SMILES string of the molecule is CCc1ccc(C(=O)Nc2ccc(C#N)c(Cl)c2)cc1. The first-order chi connectivity index (χ1) is 9.63. The first kappa shape index (κ1) is 14.1. The third kappa shape index (κ3) is 3.17. The van der Waals surface area contributed by atoms with Crippen molar-refractivity contribution in [3.8, 4) is 6.07 Å². The van der Waals surface area contributed by atoms with Crippen LogP contribution in [-0.4, -0.2) is 5.91 Å². The van der Waals surface area contributed by atoms with Crippen LogP contribution >= 0.6 is 11.6 Å². The topological polar surface area (TPSA) is 52.9 Å². The normalized spacial score (nSPS) is 9.85. The van der Waals surface area contributed by atoms with E-state index in [1.54, 1.807) is 30.3 Å². The molecule has 0 unspecified atom stereocenters. The molecular weight excluding hydrogens is 272 g/mol. The first-order valence-electron chi connectivity index (χ1n) is 6.24. The zero-order chi connectivity index (χ0) is 14.5. The Kier molecular flexibility index (Phi) is 4.39. The summed E-state index contributed by atoms with van der Waals surface area (Å²) < 4.78 is 0. The van der Waals surface area contributed by atoms with Gasteiger partial charge in [-0.05, 0) is 42.3 Å². The standard InChI is InChI=1S/C16H13ClN2O/c1-2-11-3-5-12(6-4-11)16(20)19-14-8-7-13(10-18)15(17)9-14/h3-9H,2H2,1H3,(H,19,20). The predicted molar refractivity (Wildman–Crippen MR) is 79.9 cm³/mol. The summed E-state index contributed by atoms with van der Waals surface area (Å²) in [5.41, 5.74) is 2.72. The lowest BCUT2D eigenvalue weighted by atomic mass is 10.1. The van der Waals surface area contributed by atoms with Crippen LogP contribution in [-0.2, 0) is 6.42 Å². The molecular formula is C16H13ClN2O. The largest absolute Gasteiger partial charge is 0.322 e. The minimum Gasteiger partial charge on any atom is -0.322 e. The molecule has 0 bridgehead atoms. The fourth-order valence-electron chi connectivity index (χ4n) is 1.78. The number of aryl methyl sites for hydroxylation is 1. The Hall–Kier alpha value is -2.31. The molecule has 2 aromatic rings. The summed E-state index contributed by atoms with van der Waals surface area (Å²) >= 11 is 5.92. The number of rotatable bonds is 3. The second-order valence-corrected chi connectivity index (χ2v) is 4.72. The van der Waals surface area contributed by atoms with Gasteiger partial charge in [-0.15, -0.1) is 0 Å². The molecule has 0 aliphatic heterocycles. The van der Waals surface area contributed by atoms with Gasteiger partial charge in [-0.1, -0.05) is 30.7 Å². The van der Waals surface area contributed by atoms with Gasteiger partial charge >= 0.3 is 0 Å². The maximum absolute atomic E-state index is 12.1. The molecule has 0 spiro atoms. The average Bonchev–Trinajstić information content (AvgIpc) is 2.47. The molecule has 4 heteroatoms. The summed E-state index contributed by atoms with van der Waals surface area (Å²) in [7, 11) is 0. The van der Waals surface area contributed by atoms with Gasteiger partial charge in [0.25, 0.3) is 5.91 Å². The van der Waals surface area contributed by atoms with Crippen LogP contribution in [0.2, 0.25) is 5.02 Å². The Morgan fingerprint density at radius 2 is 1.95 bits per heavy atom. The zero-order valence-corrected chi connectivity index (χ0v) is 11.7. The van der Waals surface area contributed by atoms with E-state index in [0.29, 0.717) is 21.8 Å². The highest BCUT2D eigenvalue weighted by Gasteiger charge is 2.07. The number of anilines is 1. The van der Waals surface area contributed by atoms with Crippen LogP contribution in [0.4, 0.5) is 5.69 Å². The zero-order valence-electron chi connectivity index (χ0n) is 11.0. The lowest BCUT2D eigenvalue weighted by Crippen LogP contribution is -2.11. The number of carbonyl (C=O) groups is 1. The maximum atomic E-state index is 12.1. The van der Waals surface area contributed by atoms with Crippen molar-refractivity contribution in [2.45, 2.75) is 13.3 Å². The number of halogens is 1. The molecule has 0 saturated carbocycles. The molecule has 100 valence electrons. The Balaban J connectivity index is 2.15. The predicted octanol–water partition coefficient (Wildman–Crippen LogP) is 4.03. The molecule has 2 rings (SSSR count). The minimum atomic E-state index is -0.201. The molecule has 0 atom stereocenters. The molecule has 1 N–H and O–H groups in total. The molecule has 0 heterocycles. The second-order valence-electron chi connectivity index (χ2n) is 4.31. The summed E-state index contributed by atoms with van der Waals surface area (Å²) in [6, 6.07) is 14.2. The van der Waals surface area contributed by atoms with Crippen LogP contribution in [0.1, 0.15) is 28.4 Å². The summed E-state index contributed by atoms with van der Waals surface area (Å²) in [6.07, 6.45) is 0.938. The van der Waals surface area contributed by atoms with Crippen molar-refractivity contribution in [1.82, 2.24) is 0 Å². The van der Waals surface area contributed by atoms with E-state index >= 15 is 0 Å². The number of carbonyl (C=O) groups excluding carboxylic acids is 1. The third-order valence-corrected chi connectivity index (χ3v) is 3.28. The van der Waals surface area contributed by atoms with Crippen LogP contribution < -0.4 is 5.32 Å². The molecule has 0 aliphatic carbocycles. The smallest absolute Gasteiger partial charge is 0.255 e.